The monoisotopic (exact) mass is 703 g/mol. The van der Waals surface area contributed by atoms with Crippen molar-refractivity contribution in [1.29, 1.82) is 0 Å². The molecule has 0 radical (unpaired) electrons. The lowest BCUT2D eigenvalue weighted by Crippen LogP contribution is -2.57. The molecule has 3 N–H and O–H groups in total. The van der Waals surface area contributed by atoms with Crippen LogP contribution in [0.15, 0.2) is 41.2 Å². The van der Waals surface area contributed by atoms with E-state index >= 15 is 0 Å². The summed E-state index contributed by atoms with van der Waals surface area (Å²) in [5.41, 5.74) is 0.0854. The molecule has 2 aromatic carbocycles. The van der Waals surface area contributed by atoms with Crippen LogP contribution in [-0.2, 0) is 17.4 Å². The van der Waals surface area contributed by atoms with Gasteiger partial charge in [-0.1, -0.05) is 23.7 Å². The maximum absolute atomic E-state index is 14.0. The molecule has 3 amide bonds. The number of H-pyrrole nitrogens is 1. The highest BCUT2D eigenvalue weighted by molar-refractivity contribution is 6.32. The Morgan fingerprint density at radius 1 is 0.980 bits per heavy atom. The smallest absolute Gasteiger partial charge is 0.420 e. The summed E-state index contributed by atoms with van der Waals surface area (Å²) in [6.45, 7) is 3.68. The van der Waals surface area contributed by atoms with Crippen LogP contribution >= 0.6 is 11.6 Å². The van der Waals surface area contributed by atoms with Crippen molar-refractivity contribution in [2.45, 2.75) is 74.9 Å². The molecule has 7 rings (SSSR count). The third kappa shape index (κ3) is 6.62. The number of nitrogens with one attached hydrogen (secondary N) is 2. The van der Waals surface area contributed by atoms with Gasteiger partial charge >= 0.3 is 17.9 Å². The number of likely N-dealkylation sites (tertiary alicyclic amines) is 4. The zero-order chi connectivity index (χ0) is 34.6. The van der Waals surface area contributed by atoms with Crippen molar-refractivity contribution in [3.05, 3.63) is 63.0 Å². The molecule has 3 aromatic rings. The van der Waals surface area contributed by atoms with Gasteiger partial charge in [-0.2, -0.15) is 13.2 Å². The largest absolute Gasteiger partial charge is 0.506 e. The number of rotatable bonds is 6. The maximum Gasteiger partial charge on any atom is 0.420 e. The number of hydrogen-bond donors (Lipinski definition) is 3. The van der Waals surface area contributed by atoms with Crippen LogP contribution in [0.1, 0.15) is 49.3 Å². The van der Waals surface area contributed by atoms with Gasteiger partial charge in [-0.15, -0.1) is 0 Å². The van der Waals surface area contributed by atoms with Crippen molar-refractivity contribution >= 4 is 34.6 Å². The number of imidazole rings is 1. The molecule has 4 aliphatic heterocycles. The number of amides is 3. The number of alkyl halides is 3. The van der Waals surface area contributed by atoms with E-state index in [-0.39, 0.29) is 29.6 Å². The molecule has 0 spiro atoms. The number of phenolic OH excluding ortho intramolecular Hbond substituents is 1. The number of carbonyl (C=O) groups is 2. The van der Waals surface area contributed by atoms with Crippen LogP contribution in [-0.4, -0.2) is 117 Å². The number of aromatic amines is 1. The van der Waals surface area contributed by atoms with Crippen LogP contribution in [0.5, 0.6) is 5.75 Å². The Kier molecular flexibility index (Phi) is 9.07. The van der Waals surface area contributed by atoms with Gasteiger partial charge in [0.05, 0.1) is 21.6 Å². The average Bonchev–Trinajstić information content (AvgIpc) is 3.76. The van der Waals surface area contributed by atoms with Crippen LogP contribution in [0.25, 0.3) is 11.0 Å². The molecule has 264 valence electrons. The van der Waals surface area contributed by atoms with Crippen LogP contribution in [0.3, 0.4) is 0 Å². The van der Waals surface area contributed by atoms with Gasteiger partial charge in [0.2, 0.25) is 5.91 Å². The van der Waals surface area contributed by atoms with Gasteiger partial charge in [0.15, 0.2) is 0 Å². The average molecular weight is 704 g/mol. The summed E-state index contributed by atoms with van der Waals surface area (Å²) >= 11 is 6.01. The number of aromatic nitrogens is 2. The Morgan fingerprint density at radius 2 is 1.65 bits per heavy atom. The number of phenols is 1. The van der Waals surface area contributed by atoms with Gasteiger partial charge in [-0.05, 0) is 69.0 Å². The minimum Gasteiger partial charge on any atom is -0.506 e. The number of piperazine rings is 1. The number of halogens is 4. The van der Waals surface area contributed by atoms with Crippen molar-refractivity contribution < 1.29 is 27.9 Å². The van der Waals surface area contributed by atoms with Gasteiger partial charge < -0.3 is 30.1 Å². The molecule has 4 aliphatic rings. The van der Waals surface area contributed by atoms with Crippen LogP contribution in [0.4, 0.5) is 18.0 Å². The zero-order valence-electron chi connectivity index (χ0n) is 27.3. The minimum atomic E-state index is -4.87. The van der Waals surface area contributed by atoms with E-state index in [2.05, 4.69) is 27.1 Å². The fraction of sp³-hybridized carbons (Fsp3) is 0.559. The van der Waals surface area contributed by atoms with E-state index in [9.17, 15) is 32.7 Å². The van der Waals surface area contributed by atoms with Crippen molar-refractivity contribution in [3.63, 3.8) is 0 Å². The molecule has 11 nitrogen and oxygen atoms in total. The van der Waals surface area contributed by atoms with Gasteiger partial charge in [0.1, 0.15) is 11.8 Å². The maximum atomic E-state index is 14.0. The molecular formula is C34H41ClF3N7O4. The number of hydrogen-bond acceptors (Lipinski definition) is 6. The number of aromatic hydroxyl groups is 1. The minimum absolute atomic E-state index is 0.0679. The van der Waals surface area contributed by atoms with Gasteiger partial charge in [-0.25, -0.2) is 9.59 Å². The summed E-state index contributed by atoms with van der Waals surface area (Å²) in [5.74, 6) is -1.45. The van der Waals surface area contributed by atoms with Crippen LogP contribution in [0.2, 0.25) is 5.02 Å². The Morgan fingerprint density at radius 3 is 2.31 bits per heavy atom. The molecular weight excluding hydrogens is 663 g/mol. The number of benzene rings is 2. The highest BCUT2D eigenvalue weighted by atomic mass is 35.5. The van der Waals surface area contributed by atoms with Crippen LogP contribution < -0.4 is 11.0 Å². The third-order valence-corrected chi connectivity index (χ3v) is 11.3. The number of nitrogens with zero attached hydrogens (tertiary/aromatic N) is 5. The predicted octanol–water partition coefficient (Wildman–Crippen LogP) is 4.04. The second-order valence-electron chi connectivity index (χ2n) is 13.9. The van der Waals surface area contributed by atoms with Crippen LogP contribution in [0, 0.1) is 0 Å². The lowest BCUT2D eigenvalue weighted by Gasteiger charge is -2.42. The van der Waals surface area contributed by atoms with Crippen molar-refractivity contribution in [2.24, 2.45) is 0 Å². The molecule has 0 saturated carbocycles. The predicted molar refractivity (Wildman–Crippen MR) is 178 cm³/mol. The summed E-state index contributed by atoms with van der Waals surface area (Å²) in [7, 11) is 2.16. The normalized spacial score (nSPS) is 23.4. The lowest BCUT2D eigenvalue weighted by atomic mass is 9.98. The van der Waals surface area contributed by atoms with Gasteiger partial charge in [-0.3, -0.25) is 14.3 Å². The summed E-state index contributed by atoms with van der Waals surface area (Å²) in [6, 6.07) is 9.07. The number of carbonyl (C=O) groups excluding carboxylic acids is 2. The van der Waals surface area contributed by atoms with E-state index in [0.717, 1.165) is 49.5 Å². The fourth-order valence-electron chi connectivity index (χ4n) is 8.41. The summed E-state index contributed by atoms with van der Waals surface area (Å²) in [6.07, 6.45) is -1.36. The van der Waals surface area contributed by atoms with E-state index in [1.54, 1.807) is 14.4 Å². The summed E-state index contributed by atoms with van der Waals surface area (Å²) in [4.78, 5) is 51.5. The fourth-order valence-corrected chi connectivity index (χ4v) is 8.65. The molecule has 1 aromatic heterocycles. The second-order valence-corrected chi connectivity index (χ2v) is 14.4. The van der Waals surface area contributed by atoms with E-state index in [1.165, 1.54) is 6.07 Å². The SMILES string of the molecule is CN1CC2CC1CN2C1CCN(C(=O)[C@@H](Cc2cc(Cl)c(O)c(C(F)(F)F)c2)NC(=O)N2CCC(n3c(=O)[nH]c4ccccc43)CC2)CC1. The second kappa shape index (κ2) is 13.2. The Bertz CT molecular complexity index is 1780. The summed E-state index contributed by atoms with van der Waals surface area (Å²) in [5, 5.41) is 12.4. The quantitative estimate of drug-likeness (QED) is 0.357. The molecule has 15 heteroatoms. The first kappa shape index (κ1) is 33.7. The Hall–Kier alpha value is -3.75. The summed E-state index contributed by atoms with van der Waals surface area (Å²) < 4.78 is 42.9. The van der Waals surface area contributed by atoms with Gasteiger partial charge in [0.25, 0.3) is 0 Å². The molecule has 2 bridgehead atoms. The first-order valence-electron chi connectivity index (χ1n) is 17.0. The van der Waals surface area contributed by atoms with E-state index in [1.807, 2.05) is 24.3 Å². The van der Waals surface area contributed by atoms with Crippen molar-refractivity contribution in [3.8, 4) is 5.75 Å². The molecule has 3 atom stereocenters. The zero-order valence-corrected chi connectivity index (χ0v) is 28.0. The van der Waals surface area contributed by atoms with Gasteiger partial charge in [0, 0.05) is 69.9 Å². The molecule has 4 saturated heterocycles. The highest BCUT2D eigenvalue weighted by Crippen LogP contribution is 2.41. The molecule has 2 unspecified atom stereocenters. The number of piperidine rings is 2. The Balaban J connectivity index is 1.05. The molecule has 5 heterocycles. The molecule has 0 aliphatic carbocycles. The molecule has 4 fully saturated rings. The number of para-hydroxylation sites is 2. The number of likely N-dealkylation sites (N-methyl/N-ethyl adjacent to an activating group) is 1. The van der Waals surface area contributed by atoms with Crippen molar-refractivity contribution in [2.75, 3.05) is 46.3 Å². The van der Waals surface area contributed by atoms with E-state index in [0.29, 0.717) is 57.1 Å². The van der Waals surface area contributed by atoms with E-state index in [4.69, 9.17) is 11.6 Å². The Labute approximate surface area is 286 Å². The first-order valence-corrected chi connectivity index (χ1v) is 17.3. The standard InChI is InChI=1S/C34H41ClF3N7O4/c1-41-18-24-17-23(41)19-44(24)21-6-10-42(11-7-21)31(47)28(16-20-14-25(34(36,37)38)30(46)26(35)15-20)40-32(48)43-12-8-22(9-13-43)45-29-5-3-2-4-27(29)39-33(45)49/h2-5,14-15,21-24,28,46H,6-13,16-19H2,1H3,(H,39,49)(H,40,48)/t23?,24?,28-/m1/s1. The van der Waals surface area contributed by atoms with E-state index < -0.39 is 34.6 Å². The van der Waals surface area contributed by atoms with Crippen molar-refractivity contribution in [1.82, 2.24) is 34.5 Å². The topological polar surface area (TPSA) is 117 Å². The highest BCUT2D eigenvalue weighted by Gasteiger charge is 2.45. The molecule has 49 heavy (non-hydrogen) atoms. The third-order valence-electron chi connectivity index (χ3n) is 11.0. The number of urea groups is 1. The first-order chi connectivity index (χ1) is 23.4. The number of fused-ring (bicyclic) bond motifs is 3. The lowest BCUT2D eigenvalue weighted by molar-refractivity contribution is -0.138.